The molecule has 3 aromatic rings. The minimum absolute atomic E-state index is 0.217. The van der Waals surface area contributed by atoms with Crippen LogP contribution in [0.1, 0.15) is 38.2 Å². The summed E-state index contributed by atoms with van der Waals surface area (Å²) in [6.45, 7) is 1.81. The summed E-state index contributed by atoms with van der Waals surface area (Å²) in [5.74, 6) is -0.676. The third kappa shape index (κ3) is 3.85. The number of aromatic nitrogens is 2. The second kappa shape index (κ2) is 8.78. The van der Waals surface area contributed by atoms with Gasteiger partial charge in [0.25, 0.3) is 5.91 Å². The topological polar surface area (TPSA) is 96.3 Å². The van der Waals surface area contributed by atoms with Crippen molar-refractivity contribution in [1.29, 1.82) is 0 Å². The highest BCUT2D eigenvalue weighted by molar-refractivity contribution is 6.10. The largest absolute Gasteiger partial charge is 0.350 e. The number of carbonyl (C=O) groups excluding carboxylic acids is 3. The van der Waals surface area contributed by atoms with Gasteiger partial charge in [-0.25, -0.2) is 14.4 Å². The molecule has 8 heteroatoms. The van der Waals surface area contributed by atoms with Crippen LogP contribution in [-0.4, -0.2) is 44.1 Å². The van der Waals surface area contributed by atoms with Crippen LogP contribution in [0.2, 0.25) is 0 Å². The molecule has 5 rings (SSSR count). The van der Waals surface area contributed by atoms with E-state index in [0.29, 0.717) is 12.8 Å². The number of amides is 4. The Morgan fingerprint density at radius 1 is 1.06 bits per heavy atom. The average molecular weight is 458 g/mol. The van der Waals surface area contributed by atoms with Crippen LogP contribution in [0.5, 0.6) is 0 Å². The summed E-state index contributed by atoms with van der Waals surface area (Å²) in [7, 11) is 0. The summed E-state index contributed by atoms with van der Waals surface area (Å²) in [4.78, 5) is 39.7. The second-order valence-electron chi connectivity index (χ2n) is 8.94. The minimum atomic E-state index is -0.906. The number of rotatable bonds is 6. The number of hydrogen-bond acceptors (Lipinski definition) is 4. The van der Waals surface area contributed by atoms with Gasteiger partial charge in [0.15, 0.2) is 0 Å². The van der Waals surface area contributed by atoms with Gasteiger partial charge in [-0.1, -0.05) is 61.4 Å². The molecular weight excluding hydrogens is 430 g/mol. The third-order valence-corrected chi connectivity index (χ3v) is 6.73. The number of nitrogens with one attached hydrogen (secondary N) is 2. The van der Waals surface area contributed by atoms with Crippen molar-refractivity contribution in [3.05, 3.63) is 72.4 Å². The highest BCUT2D eigenvalue weighted by Gasteiger charge is 2.54. The molecule has 34 heavy (non-hydrogen) atoms. The van der Waals surface area contributed by atoms with Crippen LogP contribution in [0, 0.1) is 0 Å². The lowest BCUT2D eigenvalue weighted by Gasteiger charge is -2.23. The van der Waals surface area contributed by atoms with Crippen LogP contribution in [0.15, 0.2) is 66.9 Å². The van der Waals surface area contributed by atoms with Gasteiger partial charge in [-0.15, -0.1) is 0 Å². The van der Waals surface area contributed by atoms with Crippen LogP contribution in [0.25, 0.3) is 16.9 Å². The van der Waals surface area contributed by atoms with E-state index < -0.39 is 17.6 Å². The molecule has 1 aromatic heterocycles. The van der Waals surface area contributed by atoms with Gasteiger partial charge in [0, 0.05) is 23.9 Å². The molecule has 1 aliphatic carbocycles. The van der Waals surface area contributed by atoms with Gasteiger partial charge in [0.2, 0.25) is 5.91 Å². The van der Waals surface area contributed by atoms with E-state index in [9.17, 15) is 14.4 Å². The maximum Gasteiger partial charge on any atom is 0.325 e. The number of hydrogen-bond donors (Lipinski definition) is 2. The molecular formula is C26H27N5O3. The first-order valence-electron chi connectivity index (χ1n) is 11.6. The number of imide groups is 1. The van der Waals surface area contributed by atoms with E-state index in [1.54, 1.807) is 11.6 Å². The maximum atomic E-state index is 13.0. The van der Waals surface area contributed by atoms with Crippen molar-refractivity contribution >= 4 is 17.8 Å². The summed E-state index contributed by atoms with van der Waals surface area (Å²) in [6, 6.07) is 18.1. The molecule has 0 bridgehead atoms. The third-order valence-electron chi connectivity index (χ3n) is 6.73. The van der Waals surface area contributed by atoms with Gasteiger partial charge in [-0.3, -0.25) is 9.59 Å². The van der Waals surface area contributed by atoms with Crippen LogP contribution in [0.3, 0.4) is 0 Å². The predicted octanol–water partition coefficient (Wildman–Crippen LogP) is 3.41. The van der Waals surface area contributed by atoms with E-state index in [-0.39, 0.29) is 18.4 Å². The average Bonchev–Trinajstić information content (AvgIpc) is 3.57. The van der Waals surface area contributed by atoms with Gasteiger partial charge < -0.3 is 10.6 Å². The zero-order valence-corrected chi connectivity index (χ0v) is 19.0. The van der Waals surface area contributed by atoms with Crippen molar-refractivity contribution in [3.8, 4) is 16.9 Å². The molecule has 2 aliphatic rings. The summed E-state index contributed by atoms with van der Waals surface area (Å²) >= 11 is 0. The molecule has 1 saturated heterocycles. The molecule has 2 N–H and O–H groups in total. The fourth-order valence-electron chi connectivity index (χ4n) is 4.85. The van der Waals surface area contributed by atoms with Crippen molar-refractivity contribution in [1.82, 2.24) is 25.3 Å². The van der Waals surface area contributed by atoms with E-state index >= 15 is 0 Å². The first kappa shape index (κ1) is 21.9. The normalized spacial score (nSPS) is 17.7. The molecule has 2 aromatic carbocycles. The van der Waals surface area contributed by atoms with Crippen LogP contribution in [0.4, 0.5) is 4.79 Å². The highest BCUT2D eigenvalue weighted by atomic mass is 16.2. The van der Waals surface area contributed by atoms with Gasteiger partial charge in [0.05, 0.1) is 11.4 Å². The number of urea groups is 1. The summed E-state index contributed by atoms with van der Waals surface area (Å²) in [5, 5.41) is 10.5. The molecule has 2 fully saturated rings. The lowest BCUT2D eigenvalue weighted by atomic mass is 9.97. The molecule has 1 aliphatic heterocycles. The molecule has 2 heterocycles. The molecule has 0 radical (unpaired) electrons. The fraction of sp³-hybridized carbons (Fsp3) is 0.308. The lowest BCUT2D eigenvalue weighted by Crippen LogP contribution is -2.49. The molecule has 4 amide bonds. The maximum absolute atomic E-state index is 13.0. The van der Waals surface area contributed by atoms with Gasteiger partial charge >= 0.3 is 6.03 Å². The summed E-state index contributed by atoms with van der Waals surface area (Å²) < 4.78 is 1.79. The van der Waals surface area contributed by atoms with Crippen molar-refractivity contribution in [2.24, 2.45) is 0 Å². The molecule has 1 spiro atoms. The quantitative estimate of drug-likeness (QED) is 0.555. The first-order chi connectivity index (χ1) is 16.5. The van der Waals surface area contributed by atoms with Crippen molar-refractivity contribution in [2.45, 2.75) is 50.7 Å². The Hall–Kier alpha value is -3.94. The number of para-hydroxylation sites is 1. The molecule has 174 valence electrons. The van der Waals surface area contributed by atoms with Gasteiger partial charge in [0.1, 0.15) is 11.6 Å². The van der Waals surface area contributed by atoms with Crippen LogP contribution >= 0.6 is 0 Å². The monoisotopic (exact) mass is 457 g/mol. The first-order valence-corrected chi connectivity index (χ1v) is 11.6. The Kier molecular flexibility index (Phi) is 5.65. The van der Waals surface area contributed by atoms with E-state index in [1.165, 1.54) is 0 Å². The Labute approximate surface area is 197 Å². The van der Waals surface area contributed by atoms with Crippen molar-refractivity contribution in [2.75, 3.05) is 0 Å². The minimum Gasteiger partial charge on any atom is -0.350 e. The standard InChI is InChI=1S/C26H27N5O3/c1-18(31-24(33)26(28-25(31)34)14-8-9-15-26)23(32)27-16-20-17-30(21-12-6-3-7-13-21)29-22(20)19-10-4-2-5-11-19/h2-7,10-13,17-18H,8-9,14-16H2,1H3,(H,27,32)(H,28,34). The fourth-order valence-corrected chi connectivity index (χ4v) is 4.85. The number of benzene rings is 2. The van der Waals surface area contributed by atoms with E-state index in [0.717, 1.165) is 40.2 Å². The SMILES string of the molecule is CC(C(=O)NCc1cn(-c2ccccc2)nc1-c1ccccc1)N1C(=O)NC2(CCCC2)C1=O. The summed E-state index contributed by atoms with van der Waals surface area (Å²) in [6.07, 6.45) is 4.94. The predicted molar refractivity (Wildman–Crippen MR) is 127 cm³/mol. The molecule has 8 nitrogen and oxygen atoms in total. The second-order valence-corrected chi connectivity index (χ2v) is 8.94. The van der Waals surface area contributed by atoms with E-state index in [4.69, 9.17) is 5.10 Å². The Morgan fingerprint density at radius 3 is 2.38 bits per heavy atom. The zero-order valence-electron chi connectivity index (χ0n) is 19.0. The van der Waals surface area contributed by atoms with E-state index in [2.05, 4.69) is 10.6 Å². The van der Waals surface area contributed by atoms with Gasteiger partial charge in [-0.2, -0.15) is 5.10 Å². The zero-order chi connectivity index (χ0) is 23.7. The van der Waals surface area contributed by atoms with Crippen LogP contribution < -0.4 is 10.6 Å². The van der Waals surface area contributed by atoms with Crippen molar-refractivity contribution < 1.29 is 14.4 Å². The van der Waals surface area contributed by atoms with Crippen molar-refractivity contribution in [3.63, 3.8) is 0 Å². The summed E-state index contributed by atoms with van der Waals surface area (Å²) in [5.41, 5.74) is 2.61. The smallest absolute Gasteiger partial charge is 0.325 e. The Bertz CT molecular complexity index is 1220. The lowest BCUT2D eigenvalue weighted by molar-refractivity contribution is -0.137. The van der Waals surface area contributed by atoms with Crippen LogP contribution in [-0.2, 0) is 16.1 Å². The Balaban J connectivity index is 1.35. The molecule has 1 saturated carbocycles. The molecule has 1 atom stereocenters. The molecule has 1 unspecified atom stereocenters. The van der Waals surface area contributed by atoms with E-state index in [1.807, 2.05) is 66.9 Å². The highest BCUT2D eigenvalue weighted by Crippen LogP contribution is 2.35. The van der Waals surface area contributed by atoms with Gasteiger partial charge in [-0.05, 0) is 31.9 Å². The number of nitrogens with zero attached hydrogens (tertiary/aromatic N) is 3. The number of carbonyl (C=O) groups is 3. The Morgan fingerprint density at radius 2 is 1.71 bits per heavy atom.